The molecule has 16 heavy (non-hydrogen) atoms. The number of carbonyl (C=O) groups excluding carboxylic acids is 1. The molecular weight excluding hydrogens is 202 g/mol. The van der Waals surface area contributed by atoms with Crippen molar-refractivity contribution in [2.45, 2.75) is 33.1 Å². The fourth-order valence-electron chi connectivity index (χ4n) is 1.67. The molecule has 0 unspecified atom stereocenters. The first kappa shape index (κ1) is 12.6. The second kappa shape index (κ2) is 6.16. The summed E-state index contributed by atoms with van der Waals surface area (Å²) in [5.74, 6) is 0.878. The lowest BCUT2D eigenvalue weighted by Gasteiger charge is -2.08. The van der Waals surface area contributed by atoms with Gasteiger partial charge in [-0.1, -0.05) is 19.9 Å². The van der Waals surface area contributed by atoms with Gasteiger partial charge in [0.25, 0.3) is 0 Å². The lowest BCUT2D eigenvalue weighted by atomic mass is 10.1. The van der Waals surface area contributed by atoms with Gasteiger partial charge in [0.2, 0.25) is 5.91 Å². The molecule has 2 rings (SSSR count). The molecule has 88 valence electrons. The number of carbonyl (C=O) groups is 1. The zero-order valence-electron chi connectivity index (χ0n) is 10.2. The fraction of sp³-hybridized carbons (Fsp3) is 0.462. The highest BCUT2D eigenvalue weighted by molar-refractivity contribution is 5.92. The van der Waals surface area contributed by atoms with E-state index in [0.717, 1.165) is 24.3 Å². The fourth-order valence-corrected chi connectivity index (χ4v) is 1.67. The molecule has 0 radical (unpaired) electrons. The van der Waals surface area contributed by atoms with Crippen molar-refractivity contribution in [1.82, 2.24) is 0 Å². The van der Waals surface area contributed by atoms with Crippen molar-refractivity contribution < 1.29 is 9.53 Å². The maximum absolute atomic E-state index is 11.3. The highest BCUT2D eigenvalue weighted by Crippen LogP contribution is 2.26. The first-order valence-electron chi connectivity index (χ1n) is 5.76. The number of amides is 1. The Morgan fingerprint density at radius 1 is 1.25 bits per heavy atom. The second-order valence-electron chi connectivity index (χ2n) is 3.42. The molecule has 1 N–H and O–H groups in total. The van der Waals surface area contributed by atoms with Gasteiger partial charge in [0.15, 0.2) is 0 Å². The zero-order valence-corrected chi connectivity index (χ0v) is 10.2. The van der Waals surface area contributed by atoms with E-state index >= 15 is 0 Å². The van der Waals surface area contributed by atoms with Crippen LogP contribution in [0, 0.1) is 0 Å². The summed E-state index contributed by atoms with van der Waals surface area (Å²) in [7, 11) is 1.63. The lowest BCUT2D eigenvalue weighted by Crippen LogP contribution is -2.09. The summed E-state index contributed by atoms with van der Waals surface area (Å²) in [6.45, 7) is 4.00. The average molecular weight is 221 g/mol. The number of hydrogen-bond donors (Lipinski definition) is 1. The number of methoxy groups -OCH3 is 1. The zero-order chi connectivity index (χ0) is 12.0. The quantitative estimate of drug-likeness (QED) is 0.791. The molecule has 3 nitrogen and oxygen atoms in total. The summed E-state index contributed by atoms with van der Waals surface area (Å²) in [5, 5.41) is 2.88. The van der Waals surface area contributed by atoms with Crippen LogP contribution in [-0.4, -0.2) is 13.0 Å². The van der Waals surface area contributed by atoms with Crippen LogP contribution in [0.1, 0.15) is 32.3 Å². The molecule has 0 aromatic heterocycles. The SMILES string of the molecule is CC.COc1ccc2c(c1)NC(=O)CCC2. The third kappa shape index (κ3) is 2.99. The van der Waals surface area contributed by atoms with Crippen molar-refractivity contribution >= 4 is 11.6 Å². The van der Waals surface area contributed by atoms with E-state index < -0.39 is 0 Å². The minimum Gasteiger partial charge on any atom is -0.497 e. The maximum Gasteiger partial charge on any atom is 0.224 e. The Labute approximate surface area is 96.8 Å². The van der Waals surface area contributed by atoms with E-state index in [9.17, 15) is 4.79 Å². The van der Waals surface area contributed by atoms with E-state index in [0.29, 0.717) is 6.42 Å². The minimum absolute atomic E-state index is 0.0944. The average Bonchev–Trinajstić information content (AvgIpc) is 2.51. The Morgan fingerprint density at radius 2 is 2.00 bits per heavy atom. The summed E-state index contributed by atoms with van der Waals surface area (Å²) < 4.78 is 5.11. The van der Waals surface area contributed by atoms with Gasteiger partial charge in [-0.3, -0.25) is 4.79 Å². The normalized spacial score (nSPS) is 13.8. The van der Waals surface area contributed by atoms with Crippen molar-refractivity contribution in [1.29, 1.82) is 0 Å². The van der Waals surface area contributed by atoms with Gasteiger partial charge < -0.3 is 10.1 Å². The molecule has 0 spiro atoms. The summed E-state index contributed by atoms with van der Waals surface area (Å²) >= 11 is 0. The first-order chi connectivity index (χ1) is 7.79. The molecule has 0 atom stereocenters. The summed E-state index contributed by atoms with van der Waals surface area (Å²) in [6, 6.07) is 5.81. The molecule has 0 fully saturated rings. The maximum atomic E-state index is 11.3. The molecule has 1 amide bonds. The van der Waals surface area contributed by atoms with Crippen molar-refractivity contribution in [3.63, 3.8) is 0 Å². The van der Waals surface area contributed by atoms with Crippen LogP contribution in [0.5, 0.6) is 5.75 Å². The standard InChI is InChI=1S/C11H13NO2.C2H6/c1-14-9-6-5-8-3-2-4-11(13)12-10(8)7-9;1-2/h5-7H,2-4H2,1H3,(H,12,13);1-2H3. The molecule has 1 aromatic rings. The third-order valence-corrected chi connectivity index (χ3v) is 2.44. The van der Waals surface area contributed by atoms with E-state index in [1.54, 1.807) is 7.11 Å². The Balaban J connectivity index is 0.000000606. The van der Waals surface area contributed by atoms with Gasteiger partial charge in [-0.05, 0) is 24.5 Å². The molecular formula is C13H19NO2. The number of anilines is 1. The largest absolute Gasteiger partial charge is 0.497 e. The smallest absolute Gasteiger partial charge is 0.224 e. The Bertz CT molecular complexity index is 361. The van der Waals surface area contributed by atoms with E-state index in [-0.39, 0.29) is 5.91 Å². The molecule has 0 bridgehead atoms. The topological polar surface area (TPSA) is 38.3 Å². The Morgan fingerprint density at radius 3 is 2.69 bits per heavy atom. The van der Waals surface area contributed by atoms with E-state index in [1.807, 2.05) is 32.0 Å². The van der Waals surface area contributed by atoms with Crippen LogP contribution in [0.15, 0.2) is 18.2 Å². The molecule has 1 aliphatic heterocycles. The van der Waals surface area contributed by atoms with Gasteiger partial charge in [-0.2, -0.15) is 0 Å². The minimum atomic E-state index is 0.0944. The van der Waals surface area contributed by atoms with Crippen LogP contribution in [0.25, 0.3) is 0 Å². The predicted octanol–water partition coefficient (Wildman–Crippen LogP) is 3.00. The number of nitrogens with one attached hydrogen (secondary N) is 1. The predicted molar refractivity (Wildman–Crippen MR) is 65.9 cm³/mol. The lowest BCUT2D eigenvalue weighted by molar-refractivity contribution is -0.116. The van der Waals surface area contributed by atoms with Crippen LogP contribution in [0.2, 0.25) is 0 Å². The Hall–Kier alpha value is -1.51. The van der Waals surface area contributed by atoms with Gasteiger partial charge >= 0.3 is 0 Å². The molecule has 1 aromatic carbocycles. The van der Waals surface area contributed by atoms with Gasteiger partial charge in [0, 0.05) is 18.2 Å². The molecule has 0 saturated carbocycles. The van der Waals surface area contributed by atoms with Crippen molar-refractivity contribution in [3.8, 4) is 5.75 Å². The number of rotatable bonds is 1. The van der Waals surface area contributed by atoms with Gasteiger partial charge in [0.05, 0.1) is 7.11 Å². The van der Waals surface area contributed by atoms with Crippen molar-refractivity contribution in [3.05, 3.63) is 23.8 Å². The van der Waals surface area contributed by atoms with Gasteiger partial charge in [-0.15, -0.1) is 0 Å². The van der Waals surface area contributed by atoms with Crippen LogP contribution in [0.4, 0.5) is 5.69 Å². The highest BCUT2D eigenvalue weighted by Gasteiger charge is 2.12. The summed E-state index contributed by atoms with van der Waals surface area (Å²) in [4.78, 5) is 11.3. The summed E-state index contributed by atoms with van der Waals surface area (Å²) in [5.41, 5.74) is 2.09. The monoisotopic (exact) mass is 221 g/mol. The van der Waals surface area contributed by atoms with Crippen LogP contribution in [0.3, 0.4) is 0 Å². The highest BCUT2D eigenvalue weighted by atomic mass is 16.5. The number of benzene rings is 1. The third-order valence-electron chi connectivity index (χ3n) is 2.44. The van der Waals surface area contributed by atoms with Gasteiger partial charge in [0.1, 0.15) is 5.75 Å². The molecule has 0 saturated heterocycles. The van der Waals surface area contributed by atoms with Crippen LogP contribution in [-0.2, 0) is 11.2 Å². The number of ether oxygens (including phenoxy) is 1. The second-order valence-corrected chi connectivity index (χ2v) is 3.42. The number of hydrogen-bond acceptors (Lipinski definition) is 2. The number of aryl methyl sites for hydroxylation is 1. The van der Waals surface area contributed by atoms with E-state index in [1.165, 1.54) is 5.56 Å². The molecule has 3 heteroatoms. The van der Waals surface area contributed by atoms with Crippen LogP contribution >= 0.6 is 0 Å². The molecule has 1 aliphatic rings. The first-order valence-corrected chi connectivity index (χ1v) is 5.76. The molecule has 0 aliphatic carbocycles. The van der Waals surface area contributed by atoms with E-state index in [4.69, 9.17) is 4.74 Å². The molecule has 1 heterocycles. The van der Waals surface area contributed by atoms with Crippen molar-refractivity contribution in [2.75, 3.05) is 12.4 Å². The van der Waals surface area contributed by atoms with Crippen molar-refractivity contribution in [2.24, 2.45) is 0 Å². The van der Waals surface area contributed by atoms with Gasteiger partial charge in [-0.25, -0.2) is 0 Å². The Kier molecular flexibility index (Phi) is 4.83. The number of fused-ring (bicyclic) bond motifs is 1. The van der Waals surface area contributed by atoms with E-state index in [2.05, 4.69) is 5.32 Å². The van der Waals surface area contributed by atoms with Crippen LogP contribution < -0.4 is 10.1 Å². The summed E-state index contributed by atoms with van der Waals surface area (Å²) in [6.07, 6.45) is 2.49.